The second-order valence-electron chi connectivity index (χ2n) is 4.89. The van der Waals surface area contributed by atoms with Crippen LogP contribution in [0.15, 0.2) is 24.3 Å². The highest BCUT2D eigenvalue weighted by atomic mass is 32.2. The first-order valence-corrected chi connectivity index (χ1v) is 7.64. The molecule has 6 heteroatoms. The molecule has 106 valence electrons. The number of fused-ring (bicyclic) bond motifs is 1. The smallest absolute Gasteiger partial charge is 0.282 e. The minimum atomic E-state index is -0.125. The normalized spacial score (nSPS) is 20.7. The van der Waals surface area contributed by atoms with E-state index in [-0.39, 0.29) is 23.8 Å². The van der Waals surface area contributed by atoms with Crippen molar-refractivity contribution in [2.24, 2.45) is 0 Å². The fourth-order valence-electron chi connectivity index (χ4n) is 2.39. The Hall–Kier alpha value is -1.69. The number of thioether (sulfide) groups is 1. The van der Waals surface area contributed by atoms with Crippen molar-refractivity contribution in [1.29, 1.82) is 0 Å². The summed E-state index contributed by atoms with van der Waals surface area (Å²) in [5.41, 5.74) is 1.18. The minimum Gasteiger partial charge on any atom is -0.488 e. The molecule has 0 aliphatic carbocycles. The maximum absolute atomic E-state index is 11.8. The van der Waals surface area contributed by atoms with Crippen LogP contribution < -0.4 is 10.1 Å². The van der Waals surface area contributed by atoms with Crippen LogP contribution in [0, 0.1) is 0 Å². The summed E-state index contributed by atoms with van der Waals surface area (Å²) in [5.74, 6) is 1.55. The Morgan fingerprint density at radius 3 is 3.05 bits per heavy atom. The number of rotatable bonds is 4. The first kappa shape index (κ1) is 13.3. The maximum Gasteiger partial charge on any atom is 0.282 e. The summed E-state index contributed by atoms with van der Waals surface area (Å²) in [6.45, 7) is 1.27. The highest BCUT2D eigenvalue weighted by Gasteiger charge is 2.25. The van der Waals surface area contributed by atoms with Gasteiger partial charge in [0.2, 0.25) is 5.91 Å². The van der Waals surface area contributed by atoms with Crippen molar-refractivity contribution in [1.82, 2.24) is 10.2 Å². The van der Waals surface area contributed by atoms with Gasteiger partial charge in [0.1, 0.15) is 18.4 Å². The van der Waals surface area contributed by atoms with E-state index in [4.69, 9.17) is 4.74 Å². The molecule has 1 saturated heterocycles. The number of carbonyl (C=O) groups is 2. The maximum atomic E-state index is 11.8. The number of nitrogens with one attached hydrogen (secondary N) is 1. The summed E-state index contributed by atoms with van der Waals surface area (Å²) in [4.78, 5) is 24.8. The molecule has 2 aliphatic rings. The Bertz CT molecular complexity index is 510. The van der Waals surface area contributed by atoms with Gasteiger partial charge in [-0.3, -0.25) is 9.59 Å². The topological polar surface area (TPSA) is 58.6 Å². The molecule has 2 amide bonds. The van der Waals surface area contributed by atoms with Crippen molar-refractivity contribution in [2.45, 2.75) is 12.5 Å². The van der Waals surface area contributed by atoms with Gasteiger partial charge in [-0.1, -0.05) is 30.0 Å². The molecule has 1 aromatic carbocycles. The molecule has 1 atom stereocenters. The predicted molar refractivity (Wildman–Crippen MR) is 77.0 cm³/mol. The van der Waals surface area contributed by atoms with Gasteiger partial charge in [0.25, 0.3) is 5.24 Å². The van der Waals surface area contributed by atoms with Crippen LogP contribution in [0.1, 0.15) is 5.56 Å². The Balaban J connectivity index is 1.44. The number of hydrogen-bond acceptors (Lipinski definition) is 4. The summed E-state index contributed by atoms with van der Waals surface area (Å²) in [6.07, 6.45) is 0.801. The molecular weight excluding hydrogens is 276 g/mol. The number of para-hydroxylation sites is 1. The molecule has 20 heavy (non-hydrogen) atoms. The standard InChI is InChI=1S/C14H16N2O3S/c17-13(9-16-5-6-20-14(16)18)15-8-11-7-10-3-1-2-4-12(10)19-11/h1-4,11H,5-9H2,(H,15,17)/t11-/m0/s1. The Morgan fingerprint density at radius 2 is 2.30 bits per heavy atom. The molecule has 0 radical (unpaired) electrons. The molecule has 0 bridgehead atoms. The first-order chi connectivity index (χ1) is 9.72. The average molecular weight is 292 g/mol. The number of carbonyl (C=O) groups excluding carboxylic acids is 2. The van der Waals surface area contributed by atoms with Gasteiger partial charge >= 0.3 is 0 Å². The number of benzene rings is 1. The zero-order valence-electron chi connectivity index (χ0n) is 11.0. The number of ether oxygens (including phenoxy) is 1. The lowest BCUT2D eigenvalue weighted by atomic mass is 10.1. The molecule has 0 spiro atoms. The Morgan fingerprint density at radius 1 is 1.45 bits per heavy atom. The molecule has 1 aromatic rings. The van der Waals surface area contributed by atoms with E-state index >= 15 is 0 Å². The quantitative estimate of drug-likeness (QED) is 0.908. The largest absolute Gasteiger partial charge is 0.488 e. The number of amides is 2. The van der Waals surface area contributed by atoms with Crippen LogP contribution in [0.5, 0.6) is 5.75 Å². The third-order valence-corrected chi connectivity index (χ3v) is 4.31. The van der Waals surface area contributed by atoms with Crippen LogP contribution in [0.25, 0.3) is 0 Å². The average Bonchev–Trinajstić information content (AvgIpc) is 3.03. The van der Waals surface area contributed by atoms with Gasteiger partial charge < -0.3 is 15.0 Å². The SMILES string of the molecule is O=C(CN1CCSC1=O)NC[C@@H]1Cc2ccccc2O1. The van der Waals surface area contributed by atoms with Crippen molar-refractivity contribution >= 4 is 22.9 Å². The molecule has 0 aromatic heterocycles. The summed E-state index contributed by atoms with van der Waals surface area (Å²) in [6, 6.07) is 7.91. The van der Waals surface area contributed by atoms with Crippen molar-refractivity contribution in [3.63, 3.8) is 0 Å². The lowest BCUT2D eigenvalue weighted by Crippen LogP contribution is -2.41. The zero-order chi connectivity index (χ0) is 13.9. The van der Waals surface area contributed by atoms with Gasteiger partial charge in [-0.05, 0) is 11.6 Å². The first-order valence-electron chi connectivity index (χ1n) is 6.65. The van der Waals surface area contributed by atoms with E-state index in [0.717, 1.165) is 17.9 Å². The van der Waals surface area contributed by atoms with E-state index in [1.54, 1.807) is 4.90 Å². The second kappa shape index (κ2) is 5.75. The van der Waals surface area contributed by atoms with Gasteiger partial charge in [-0.25, -0.2) is 0 Å². The predicted octanol–water partition coefficient (Wildman–Crippen LogP) is 1.28. The second-order valence-corrected chi connectivity index (χ2v) is 5.94. The van der Waals surface area contributed by atoms with Gasteiger partial charge in [0.15, 0.2) is 0 Å². The lowest BCUT2D eigenvalue weighted by Gasteiger charge is -2.16. The van der Waals surface area contributed by atoms with Gasteiger partial charge in [-0.15, -0.1) is 0 Å². The van der Waals surface area contributed by atoms with Crippen LogP contribution in [0.2, 0.25) is 0 Å². The van der Waals surface area contributed by atoms with Crippen molar-refractivity contribution in [3.8, 4) is 5.75 Å². The molecule has 3 rings (SSSR count). The van der Waals surface area contributed by atoms with Crippen molar-refractivity contribution < 1.29 is 14.3 Å². The van der Waals surface area contributed by atoms with E-state index in [1.165, 1.54) is 17.3 Å². The Kier molecular flexibility index (Phi) is 3.82. The van der Waals surface area contributed by atoms with E-state index in [2.05, 4.69) is 5.32 Å². The van der Waals surface area contributed by atoms with E-state index < -0.39 is 0 Å². The fraction of sp³-hybridized carbons (Fsp3) is 0.429. The Labute approximate surface area is 121 Å². The van der Waals surface area contributed by atoms with Crippen LogP contribution in [-0.4, -0.2) is 47.5 Å². The molecule has 0 unspecified atom stereocenters. The van der Waals surface area contributed by atoms with Crippen LogP contribution >= 0.6 is 11.8 Å². The summed E-state index contributed by atoms with van der Waals surface area (Å²) in [7, 11) is 0. The van der Waals surface area contributed by atoms with Gasteiger partial charge in [-0.2, -0.15) is 0 Å². The monoisotopic (exact) mass is 292 g/mol. The molecule has 1 fully saturated rings. The number of hydrogen-bond donors (Lipinski definition) is 1. The van der Waals surface area contributed by atoms with Crippen LogP contribution in [-0.2, 0) is 11.2 Å². The molecule has 5 nitrogen and oxygen atoms in total. The fourth-order valence-corrected chi connectivity index (χ4v) is 3.22. The molecule has 0 saturated carbocycles. The van der Waals surface area contributed by atoms with Crippen molar-refractivity contribution in [3.05, 3.63) is 29.8 Å². The zero-order valence-corrected chi connectivity index (χ0v) is 11.8. The highest BCUT2D eigenvalue weighted by Crippen LogP contribution is 2.27. The molecule has 2 aliphatic heterocycles. The van der Waals surface area contributed by atoms with E-state index in [9.17, 15) is 9.59 Å². The highest BCUT2D eigenvalue weighted by molar-refractivity contribution is 8.13. The van der Waals surface area contributed by atoms with Gasteiger partial charge in [0, 0.05) is 18.7 Å². The summed E-state index contributed by atoms with van der Waals surface area (Å²) < 4.78 is 5.75. The van der Waals surface area contributed by atoms with Crippen LogP contribution in [0.4, 0.5) is 4.79 Å². The number of nitrogens with zero attached hydrogens (tertiary/aromatic N) is 1. The summed E-state index contributed by atoms with van der Waals surface area (Å²) >= 11 is 1.26. The van der Waals surface area contributed by atoms with Crippen molar-refractivity contribution in [2.75, 3.05) is 25.4 Å². The molecule has 1 N–H and O–H groups in total. The van der Waals surface area contributed by atoms with Crippen LogP contribution in [0.3, 0.4) is 0 Å². The third kappa shape index (κ3) is 2.90. The minimum absolute atomic E-state index is 0.00956. The summed E-state index contributed by atoms with van der Waals surface area (Å²) in [5, 5.41) is 2.83. The lowest BCUT2D eigenvalue weighted by molar-refractivity contribution is -0.121. The third-order valence-electron chi connectivity index (χ3n) is 3.42. The van der Waals surface area contributed by atoms with E-state index in [0.29, 0.717) is 13.1 Å². The van der Waals surface area contributed by atoms with E-state index in [1.807, 2.05) is 24.3 Å². The molecule has 2 heterocycles. The van der Waals surface area contributed by atoms with Gasteiger partial charge in [0.05, 0.1) is 6.54 Å². The molecular formula is C14H16N2O3S.